The van der Waals surface area contributed by atoms with Crippen LogP contribution in [0.1, 0.15) is 187 Å². The third kappa shape index (κ3) is 34.3. The molecule has 0 aromatic carbocycles. The van der Waals surface area contributed by atoms with E-state index in [1.807, 2.05) is 0 Å². The second-order valence-electron chi connectivity index (χ2n) is 12.9. The third-order valence-corrected chi connectivity index (χ3v) is 9.27. The zero-order valence-electron chi connectivity index (χ0n) is 29.8. The number of nitrogens with one attached hydrogen (secondary N) is 1. The molecule has 0 aromatic heterocycles. The van der Waals surface area contributed by atoms with Crippen LogP contribution in [0.5, 0.6) is 0 Å². The van der Waals surface area contributed by atoms with Crippen LogP contribution in [0.2, 0.25) is 0 Å². The van der Waals surface area contributed by atoms with E-state index < -0.39 is 26.5 Å². The smallest absolute Gasteiger partial charge is 0.463 e. The van der Waals surface area contributed by atoms with Gasteiger partial charge in [0.15, 0.2) is 0 Å². The molecule has 0 bridgehead atoms. The van der Waals surface area contributed by atoms with Crippen molar-refractivity contribution in [3.05, 3.63) is 0 Å². The molecule has 0 aliphatic carbocycles. The summed E-state index contributed by atoms with van der Waals surface area (Å²) in [6.45, 7) is 3.53. The topological polar surface area (TPSA) is 131 Å². The molecule has 0 radical (unpaired) electrons. The number of aliphatic hydroxyl groups excluding tert-OH is 1. The van der Waals surface area contributed by atoms with E-state index in [9.17, 15) is 24.2 Å². The Hall–Kier alpha value is -0.990. The minimum atomic E-state index is -4.40. The number of carbonyl (C=O) groups is 2. The van der Waals surface area contributed by atoms with Gasteiger partial charge in [-0.15, -0.1) is 0 Å². The lowest BCUT2D eigenvalue weighted by molar-refractivity contribution is -0.147. The predicted molar refractivity (Wildman–Crippen MR) is 188 cm³/mol. The molecule has 9 nitrogen and oxygen atoms in total. The molecule has 0 aromatic rings. The second kappa shape index (κ2) is 33.9. The molecule has 0 fully saturated rings. The number of carbonyl (C=O) groups excluding carboxylic acids is 2. The number of ether oxygens (including phenoxy) is 1. The summed E-state index contributed by atoms with van der Waals surface area (Å²) >= 11 is 0. The van der Waals surface area contributed by atoms with E-state index in [0.29, 0.717) is 6.42 Å². The molecule has 0 rings (SSSR count). The van der Waals surface area contributed by atoms with Crippen LogP contribution in [0.4, 0.5) is 0 Å². The number of amides is 1. The standard InChI is InChI=1S/C36H72NO8P/c1-3-5-7-9-11-13-14-15-16-17-18-19-20-21-22-24-26-28-35(39)37-30-31-44-46(41,42)45-33-34(38)32-43-36(40)29-27-25-23-12-10-8-6-4-2/h34,38H,3-33H2,1-2H3,(H,37,39)(H,41,42). The van der Waals surface area contributed by atoms with E-state index in [1.54, 1.807) is 0 Å². The van der Waals surface area contributed by atoms with Gasteiger partial charge < -0.3 is 20.1 Å². The van der Waals surface area contributed by atoms with Gasteiger partial charge >= 0.3 is 13.8 Å². The SMILES string of the molecule is CCCCCCCCCCCCCCCCCCCC(=O)NCCOP(=O)(O)OCC(O)COC(=O)CCCCCCCCCC. The van der Waals surface area contributed by atoms with Gasteiger partial charge in [-0.1, -0.05) is 162 Å². The average molecular weight is 678 g/mol. The highest BCUT2D eigenvalue weighted by Gasteiger charge is 2.23. The quantitative estimate of drug-likeness (QED) is 0.0339. The van der Waals surface area contributed by atoms with Crippen LogP contribution < -0.4 is 5.32 Å². The Labute approximate surface area is 282 Å². The van der Waals surface area contributed by atoms with Crippen molar-refractivity contribution in [2.75, 3.05) is 26.4 Å². The Morgan fingerprint density at radius 3 is 1.41 bits per heavy atom. The second-order valence-corrected chi connectivity index (χ2v) is 14.4. The molecule has 2 unspecified atom stereocenters. The summed E-state index contributed by atoms with van der Waals surface area (Å²) in [5, 5.41) is 12.6. The third-order valence-electron chi connectivity index (χ3n) is 8.29. The molecule has 0 spiro atoms. The molecule has 0 saturated heterocycles. The van der Waals surface area contributed by atoms with Gasteiger partial charge in [0.25, 0.3) is 0 Å². The van der Waals surface area contributed by atoms with Crippen LogP contribution in [0.25, 0.3) is 0 Å². The van der Waals surface area contributed by atoms with E-state index in [4.69, 9.17) is 13.8 Å². The lowest BCUT2D eigenvalue weighted by atomic mass is 10.0. The number of phosphoric ester groups is 1. The van der Waals surface area contributed by atoms with E-state index in [1.165, 1.54) is 122 Å². The van der Waals surface area contributed by atoms with Gasteiger partial charge in [-0.05, 0) is 12.8 Å². The van der Waals surface area contributed by atoms with Gasteiger partial charge in [0, 0.05) is 19.4 Å². The fraction of sp³-hybridized carbons (Fsp3) is 0.944. The summed E-state index contributed by atoms with van der Waals surface area (Å²) in [5.41, 5.74) is 0. The Morgan fingerprint density at radius 2 is 0.978 bits per heavy atom. The van der Waals surface area contributed by atoms with Crippen molar-refractivity contribution in [3.8, 4) is 0 Å². The largest absolute Gasteiger partial charge is 0.472 e. The van der Waals surface area contributed by atoms with Gasteiger partial charge in [0.1, 0.15) is 12.7 Å². The van der Waals surface area contributed by atoms with Crippen molar-refractivity contribution in [1.82, 2.24) is 5.32 Å². The summed E-state index contributed by atoms with van der Waals surface area (Å²) in [6, 6.07) is 0. The van der Waals surface area contributed by atoms with Gasteiger partial charge in [0.2, 0.25) is 5.91 Å². The maximum absolute atomic E-state index is 12.0. The van der Waals surface area contributed by atoms with Gasteiger partial charge in [-0.2, -0.15) is 0 Å². The predicted octanol–water partition coefficient (Wildman–Crippen LogP) is 9.71. The molecule has 46 heavy (non-hydrogen) atoms. The van der Waals surface area contributed by atoms with Crippen molar-refractivity contribution < 1.29 is 37.9 Å². The molecule has 2 atom stereocenters. The lowest BCUT2D eigenvalue weighted by Gasteiger charge is -2.15. The molecule has 0 saturated carbocycles. The minimum Gasteiger partial charge on any atom is -0.463 e. The lowest BCUT2D eigenvalue weighted by Crippen LogP contribution is -2.27. The van der Waals surface area contributed by atoms with Crippen molar-refractivity contribution >= 4 is 19.7 Å². The first-order valence-corrected chi connectivity index (χ1v) is 20.5. The zero-order chi connectivity index (χ0) is 34.0. The number of aliphatic hydroxyl groups is 1. The molecular formula is C36H72NO8P. The number of phosphoric acid groups is 1. The normalized spacial score (nSPS) is 13.4. The summed E-state index contributed by atoms with van der Waals surface area (Å²) in [6.07, 6.45) is 30.5. The number of hydrogen-bond donors (Lipinski definition) is 3. The molecule has 0 aliphatic rings. The van der Waals surface area contributed by atoms with Gasteiger partial charge in [-0.3, -0.25) is 18.6 Å². The van der Waals surface area contributed by atoms with E-state index in [-0.39, 0.29) is 32.1 Å². The Balaban J connectivity index is 3.56. The first-order chi connectivity index (χ1) is 22.3. The summed E-state index contributed by atoms with van der Waals surface area (Å²) in [4.78, 5) is 33.6. The highest BCUT2D eigenvalue weighted by atomic mass is 31.2. The van der Waals surface area contributed by atoms with E-state index >= 15 is 0 Å². The molecule has 0 aliphatic heterocycles. The zero-order valence-corrected chi connectivity index (χ0v) is 30.7. The Morgan fingerprint density at radius 1 is 0.587 bits per heavy atom. The number of hydrogen-bond acceptors (Lipinski definition) is 7. The number of unbranched alkanes of at least 4 members (excludes halogenated alkanes) is 23. The van der Waals surface area contributed by atoms with Gasteiger partial charge in [0.05, 0.1) is 13.2 Å². The Bertz CT molecular complexity index is 739. The van der Waals surface area contributed by atoms with Crippen molar-refractivity contribution in [3.63, 3.8) is 0 Å². The van der Waals surface area contributed by atoms with Crippen LogP contribution >= 0.6 is 7.82 Å². The monoisotopic (exact) mass is 677 g/mol. The number of rotatable bonds is 36. The van der Waals surface area contributed by atoms with Crippen molar-refractivity contribution in [2.24, 2.45) is 0 Å². The van der Waals surface area contributed by atoms with Crippen molar-refractivity contribution in [2.45, 2.75) is 193 Å². The molecule has 10 heteroatoms. The van der Waals surface area contributed by atoms with Crippen LogP contribution in [-0.4, -0.2) is 54.3 Å². The maximum atomic E-state index is 12.0. The maximum Gasteiger partial charge on any atom is 0.472 e. The molecule has 274 valence electrons. The fourth-order valence-electron chi connectivity index (χ4n) is 5.38. The first kappa shape index (κ1) is 45.0. The highest BCUT2D eigenvalue weighted by Crippen LogP contribution is 2.42. The molecule has 1 amide bonds. The van der Waals surface area contributed by atoms with Crippen LogP contribution in [-0.2, 0) is 27.9 Å². The van der Waals surface area contributed by atoms with Crippen LogP contribution in [0.3, 0.4) is 0 Å². The summed E-state index contributed by atoms with van der Waals surface area (Å²) in [7, 11) is -4.40. The summed E-state index contributed by atoms with van der Waals surface area (Å²) in [5.74, 6) is -0.513. The summed E-state index contributed by atoms with van der Waals surface area (Å²) < 4.78 is 26.7. The van der Waals surface area contributed by atoms with E-state index in [0.717, 1.165) is 38.5 Å². The average Bonchev–Trinajstić information content (AvgIpc) is 3.04. The Kier molecular flexibility index (Phi) is 33.2. The van der Waals surface area contributed by atoms with Crippen LogP contribution in [0.15, 0.2) is 0 Å². The molecule has 0 heterocycles. The first-order valence-electron chi connectivity index (χ1n) is 19.0. The molecular weight excluding hydrogens is 605 g/mol. The van der Waals surface area contributed by atoms with E-state index in [2.05, 4.69) is 19.2 Å². The van der Waals surface area contributed by atoms with Crippen molar-refractivity contribution in [1.29, 1.82) is 0 Å². The fourth-order valence-corrected chi connectivity index (χ4v) is 6.14. The highest BCUT2D eigenvalue weighted by molar-refractivity contribution is 7.47. The van der Waals surface area contributed by atoms with Gasteiger partial charge in [-0.25, -0.2) is 4.57 Å². The number of esters is 1. The van der Waals surface area contributed by atoms with Crippen LogP contribution in [0, 0.1) is 0 Å². The minimum absolute atomic E-state index is 0.0879. The molecule has 3 N–H and O–H groups in total.